The number of carbonyl (C=O) groups is 2. The van der Waals surface area contributed by atoms with Gasteiger partial charge in [0.15, 0.2) is 0 Å². The van der Waals surface area contributed by atoms with Gasteiger partial charge in [-0.3, -0.25) is 4.79 Å². The van der Waals surface area contributed by atoms with Crippen molar-refractivity contribution in [2.24, 2.45) is 0 Å². The Morgan fingerprint density at radius 3 is 1.88 bits per heavy atom. The van der Waals surface area contributed by atoms with Crippen LogP contribution < -0.4 is 5.32 Å². The van der Waals surface area contributed by atoms with E-state index >= 15 is 0 Å². The van der Waals surface area contributed by atoms with Crippen LogP contribution in [0.4, 0.5) is 4.79 Å². The first kappa shape index (κ1) is 21.3. The molecule has 33 heavy (non-hydrogen) atoms. The molecule has 0 aliphatic carbocycles. The number of piperidine rings is 1. The number of rotatable bonds is 2. The van der Waals surface area contributed by atoms with E-state index in [1.54, 1.807) is 0 Å². The van der Waals surface area contributed by atoms with Gasteiger partial charge in [-0.05, 0) is 54.2 Å². The van der Waals surface area contributed by atoms with Crippen molar-refractivity contribution in [3.8, 4) is 11.1 Å². The lowest BCUT2D eigenvalue weighted by Crippen LogP contribution is -2.49. The lowest BCUT2D eigenvalue weighted by atomic mass is 9.97. The van der Waals surface area contributed by atoms with Gasteiger partial charge in [-0.15, -0.1) is 0 Å². The van der Waals surface area contributed by atoms with Crippen molar-refractivity contribution < 1.29 is 9.59 Å². The number of amides is 3. The Bertz CT molecular complexity index is 1120. The Hall–Kier alpha value is -3.60. The Balaban J connectivity index is 1.23. The molecular weight excluding hydrogens is 410 g/mol. The summed E-state index contributed by atoms with van der Waals surface area (Å²) >= 11 is 0. The number of fused-ring (bicyclic) bond motifs is 3. The second-order valence-corrected chi connectivity index (χ2v) is 9.05. The summed E-state index contributed by atoms with van der Waals surface area (Å²) in [7, 11) is 0. The van der Waals surface area contributed by atoms with Crippen molar-refractivity contribution in [2.75, 3.05) is 13.1 Å². The average molecular weight is 440 g/mol. The molecule has 0 spiro atoms. The first-order chi connectivity index (χ1) is 16.1. The highest BCUT2D eigenvalue weighted by Gasteiger charge is 2.27. The van der Waals surface area contributed by atoms with Gasteiger partial charge in [-0.25, -0.2) is 4.79 Å². The number of carbonyl (C=O) groups excluding carboxylic acids is 2. The van der Waals surface area contributed by atoms with Crippen molar-refractivity contribution >= 4 is 11.9 Å². The van der Waals surface area contributed by atoms with Crippen molar-refractivity contribution in [1.82, 2.24) is 15.1 Å². The van der Waals surface area contributed by atoms with Crippen LogP contribution in [0.25, 0.3) is 11.1 Å². The van der Waals surface area contributed by atoms with Crippen LogP contribution >= 0.6 is 0 Å². The van der Waals surface area contributed by atoms with Gasteiger partial charge >= 0.3 is 6.03 Å². The molecule has 0 radical (unpaired) electrons. The van der Waals surface area contributed by atoms with Gasteiger partial charge < -0.3 is 15.1 Å². The molecule has 1 fully saturated rings. The molecule has 1 saturated heterocycles. The maximum absolute atomic E-state index is 13.2. The first-order valence-corrected chi connectivity index (χ1v) is 11.7. The van der Waals surface area contributed by atoms with E-state index in [-0.39, 0.29) is 18.0 Å². The van der Waals surface area contributed by atoms with Crippen LogP contribution in [0.2, 0.25) is 0 Å². The normalized spacial score (nSPS) is 15.9. The second-order valence-electron chi connectivity index (χ2n) is 9.05. The molecule has 0 saturated carbocycles. The number of hydrogen-bond acceptors (Lipinski definition) is 2. The van der Waals surface area contributed by atoms with Crippen LogP contribution in [0, 0.1) is 6.92 Å². The van der Waals surface area contributed by atoms with E-state index in [1.165, 1.54) is 11.1 Å². The highest BCUT2D eigenvalue weighted by atomic mass is 16.2. The Labute approximate surface area is 195 Å². The van der Waals surface area contributed by atoms with Crippen molar-refractivity contribution in [3.63, 3.8) is 0 Å². The summed E-state index contributed by atoms with van der Waals surface area (Å²) in [6.45, 7) is 4.50. The molecule has 2 heterocycles. The fraction of sp³-hybridized carbons (Fsp3) is 0.286. The van der Waals surface area contributed by atoms with Crippen LogP contribution in [0.3, 0.4) is 0 Å². The molecule has 5 nitrogen and oxygen atoms in total. The number of nitrogens with zero attached hydrogens (tertiary/aromatic N) is 2. The SMILES string of the molecule is Cc1ccc(C(=O)N2CCC(NC(=O)N3Cc4ccccc4-c4ccccc4C3)CC2)cc1. The van der Waals surface area contributed by atoms with E-state index in [9.17, 15) is 9.59 Å². The van der Waals surface area contributed by atoms with Crippen molar-refractivity contribution in [1.29, 1.82) is 0 Å². The van der Waals surface area contributed by atoms with Crippen LogP contribution in [-0.4, -0.2) is 40.9 Å². The number of hydrogen-bond donors (Lipinski definition) is 1. The summed E-state index contributed by atoms with van der Waals surface area (Å²) in [5.41, 5.74) is 6.60. The van der Waals surface area contributed by atoms with Gasteiger partial charge in [0.05, 0.1) is 0 Å². The monoisotopic (exact) mass is 439 g/mol. The molecule has 5 heteroatoms. The minimum absolute atomic E-state index is 0.0372. The van der Waals surface area contributed by atoms with Crippen LogP contribution in [0.15, 0.2) is 72.8 Å². The van der Waals surface area contributed by atoms with E-state index < -0.39 is 0 Å². The molecule has 2 aliphatic heterocycles. The number of aryl methyl sites for hydroxylation is 1. The minimum atomic E-state index is -0.0372. The smallest absolute Gasteiger partial charge is 0.318 e. The molecule has 0 bridgehead atoms. The topological polar surface area (TPSA) is 52.7 Å². The third kappa shape index (κ3) is 4.49. The fourth-order valence-corrected chi connectivity index (χ4v) is 4.82. The van der Waals surface area contributed by atoms with Gasteiger partial charge in [0.2, 0.25) is 0 Å². The summed E-state index contributed by atoms with van der Waals surface area (Å²) < 4.78 is 0. The summed E-state index contributed by atoms with van der Waals surface area (Å²) in [4.78, 5) is 29.8. The Kier molecular flexibility index (Phi) is 5.86. The number of urea groups is 1. The summed E-state index contributed by atoms with van der Waals surface area (Å²) in [5.74, 6) is 0.0699. The van der Waals surface area contributed by atoms with Crippen LogP contribution in [-0.2, 0) is 13.1 Å². The van der Waals surface area contributed by atoms with E-state index in [1.807, 2.05) is 53.1 Å². The number of likely N-dealkylation sites (tertiary alicyclic amines) is 1. The molecule has 1 N–H and O–H groups in total. The van der Waals surface area contributed by atoms with Gasteiger partial charge in [0, 0.05) is 37.8 Å². The number of nitrogens with one attached hydrogen (secondary N) is 1. The van der Waals surface area contributed by atoms with Gasteiger partial charge in [-0.2, -0.15) is 0 Å². The van der Waals surface area contributed by atoms with Gasteiger partial charge in [-0.1, -0.05) is 66.2 Å². The maximum Gasteiger partial charge on any atom is 0.318 e. The summed E-state index contributed by atoms with van der Waals surface area (Å²) in [6, 6.07) is 24.4. The Morgan fingerprint density at radius 2 is 1.30 bits per heavy atom. The third-order valence-corrected chi connectivity index (χ3v) is 6.74. The summed E-state index contributed by atoms with van der Waals surface area (Å²) in [6.07, 6.45) is 1.54. The molecule has 2 aliphatic rings. The second kappa shape index (κ2) is 9.10. The molecule has 3 amide bonds. The van der Waals surface area contributed by atoms with Gasteiger partial charge in [0.25, 0.3) is 5.91 Å². The molecule has 168 valence electrons. The molecule has 5 rings (SSSR count). The molecule has 0 aromatic heterocycles. The van der Waals surface area contributed by atoms with E-state index in [4.69, 9.17) is 0 Å². The van der Waals surface area contributed by atoms with E-state index in [0.717, 1.165) is 35.1 Å². The van der Waals surface area contributed by atoms with E-state index in [2.05, 4.69) is 41.7 Å². The zero-order valence-corrected chi connectivity index (χ0v) is 19.0. The zero-order chi connectivity index (χ0) is 22.8. The predicted octanol–water partition coefficient (Wildman–Crippen LogP) is 4.99. The van der Waals surface area contributed by atoms with Crippen LogP contribution in [0.1, 0.15) is 39.9 Å². The zero-order valence-electron chi connectivity index (χ0n) is 19.0. The molecule has 0 atom stereocenters. The minimum Gasteiger partial charge on any atom is -0.338 e. The first-order valence-electron chi connectivity index (χ1n) is 11.7. The van der Waals surface area contributed by atoms with Gasteiger partial charge in [0.1, 0.15) is 0 Å². The van der Waals surface area contributed by atoms with E-state index in [0.29, 0.717) is 26.2 Å². The highest BCUT2D eigenvalue weighted by molar-refractivity contribution is 5.94. The standard InChI is InChI=1S/C28H29N3O2/c1-20-10-12-21(13-11-20)27(32)30-16-14-24(15-17-30)29-28(33)31-18-22-6-2-4-8-25(22)26-9-5-3-7-23(26)19-31/h2-13,24H,14-19H2,1H3,(H,29,33). The molecule has 3 aromatic rings. The molecule has 3 aromatic carbocycles. The van der Waals surface area contributed by atoms with Crippen LogP contribution in [0.5, 0.6) is 0 Å². The quantitative estimate of drug-likeness (QED) is 0.611. The highest BCUT2D eigenvalue weighted by Crippen LogP contribution is 2.32. The van der Waals surface area contributed by atoms with Crippen molar-refractivity contribution in [3.05, 3.63) is 95.1 Å². The molecule has 0 unspecified atom stereocenters. The third-order valence-electron chi connectivity index (χ3n) is 6.74. The number of benzene rings is 3. The molecular formula is C28H29N3O2. The summed E-state index contributed by atoms with van der Waals surface area (Å²) in [5, 5.41) is 3.23. The van der Waals surface area contributed by atoms with Crippen molar-refractivity contribution in [2.45, 2.75) is 38.9 Å². The fourth-order valence-electron chi connectivity index (χ4n) is 4.82. The Morgan fingerprint density at radius 1 is 0.758 bits per heavy atom. The lowest BCUT2D eigenvalue weighted by molar-refractivity contribution is 0.0706. The predicted molar refractivity (Wildman–Crippen MR) is 130 cm³/mol. The lowest BCUT2D eigenvalue weighted by Gasteiger charge is -2.34. The largest absolute Gasteiger partial charge is 0.338 e. The average Bonchev–Trinajstić information content (AvgIpc) is 3.02. The maximum atomic E-state index is 13.2.